The molecule has 6 heteroatoms. The summed E-state index contributed by atoms with van der Waals surface area (Å²) in [5.74, 6) is 1.20. The second-order valence-corrected chi connectivity index (χ2v) is 5.19. The lowest BCUT2D eigenvalue weighted by Crippen LogP contribution is -1.96. The quantitative estimate of drug-likeness (QED) is 0.780. The van der Waals surface area contributed by atoms with Gasteiger partial charge < -0.3 is 10.5 Å². The molecule has 0 unspecified atom stereocenters. The Balaban J connectivity index is 2.24. The molecule has 2 N–H and O–H groups in total. The van der Waals surface area contributed by atoms with Crippen LogP contribution in [0.4, 0.5) is 5.95 Å². The fourth-order valence-corrected chi connectivity index (χ4v) is 3.01. The number of hydrogen-bond donors (Lipinski definition) is 1. The largest absolute Gasteiger partial charge is 0.496 e. The van der Waals surface area contributed by atoms with Gasteiger partial charge in [-0.05, 0) is 37.1 Å². The first-order valence-corrected chi connectivity index (χ1v) is 6.74. The van der Waals surface area contributed by atoms with Gasteiger partial charge in [-0.2, -0.15) is 4.98 Å². The van der Waals surface area contributed by atoms with Gasteiger partial charge in [0.2, 0.25) is 10.9 Å². The lowest BCUT2D eigenvalue weighted by molar-refractivity contribution is 0.411. The minimum absolute atomic E-state index is 0.302. The molecule has 1 aromatic carbocycles. The number of rotatable bonds is 2. The average Bonchev–Trinajstić information content (AvgIpc) is 2.92. The number of anilines is 1. The van der Waals surface area contributed by atoms with Crippen LogP contribution in [0.15, 0.2) is 17.5 Å². The van der Waals surface area contributed by atoms with Crippen LogP contribution < -0.4 is 10.5 Å². The molecule has 0 amide bonds. The Kier molecular flexibility index (Phi) is 2.67. The molecule has 2 heterocycles. The van der Waals surface area contributed by atoms with Gasteiger partial charge in [0.05, 0.1) is 12.8 Å². The number of nitrogen functional groups attached to an aromatic ring is 1. The summed E-state index contributed by atoms with van der Waals surface area (Å²) < 4.78 is 7.12. The number of thiazole rings is 1. The first-order chi connectivity index (χ1) is 9.11. The molecule has 0 saturated carbocycles. The molecule has 0 saturated heterocycles. The second-order valence-electron chi connectivity index (χ2n) is 4.35. The number of benzene rings is 1. The molecule has 2 aromatic heterocycles. The maximum absolute atomic E-state index is 5.64. The van der Waals surface area contributed by atoms with Crippen molar-refractivity contribution in [1.82, 2.24) is 14.6 Å². The van der Waals surface area contributed by atoms with E-state index in [-0.39, 0.29) is 0 Å². The third-order valence-corrected chi connectivity index (χ3v) is 4.15. The Hall–Kier alpha value is -2.08. The zero-order valence-corrected chi connectivity index (χ0v) is 11.8. The van der Waals surface area contributed by atoms with Crippen molar-refractivity contribution in [3.05, 3.63) is 28.6 Å². The predicted octanol–water partition coefficient (Wildman–Crippen LogP) is 2.67. The average molecular weight is 274 g/mol. The molecular weight excluding hydrogens is 260 g/mol. The molecular formula is C13H14N4OS. The van der Waals surface area contributed by atoms with Crippen molar-refractivity contribution in [3.63, 3.8) is 0 Å². The van der Waals surface area contributed by atoms with Crippen molar-refractivity contribution >= 4 is 22.2 Å². The maximum Gasteiger partial charge on any atom is 0.241 e. The lowest BCUT2D eigenvalue weighted by Gasteiger charge is -2.11. The number of nitrogens with two attached hydrogens (primary N) is 1. The summed E-state index contributed by atoms with van der Waals surface area (Å²) in [5.41, 5.74) is 10.1. The number of hydrogen-bond acceptors (Lipinski definition) is 5. The molecule has 0 atom stereocenters. The van der Waals surface area contributed by atoms with E-state index in [0.29, 0.717) is 5.95 Å². The summed E-state index contributed by atoms with van der Waals surface area (Å²) in [7, 11) is 1.68. The van der Waals surface area contributed by atoms with Gasteiger partial charge in [0.25, 0.3) is 0 Å². The lowest BCUT2D eigenvalue weighted by atomic mass is 10.0. The Bertz CT molecular complexity index is 759. The summed E-state index contributed by atoms with van der Waals surface area (Å²) in [6.07, 6.45) is 0. The second kappa shape index (κ2) is 4.24. The third kappa shape index (κ3) is 1.76. The number of ether oxygens (including phenoxy) is 1. The Morgan fingerprint density at radius 1 is 1.26 bits per heavy atom. The van der Waals surface area contributed by atoms with Gasteiger partial charge in [-0.3, -0.25) is 0 Å². The zero-order valence-electron chi connectivity index (χ0n) is 11.0. The van der Waals surface area contributed by atoms with E-state index >= 15 is 0 Å². The van der Waals surface area contributed by atoms with Crippen LogP contribution >= 0.6 is 11.3 Å². The topological polar surface area (TPSA) is 65.4 Å². The fraction of sp³-hybridized carbons (Fsp3) is 0.231. The Morgan fingerprint density at radius 2 is 2.05 bits per heavy atom. The van der Waals surface area contributed by atoms with Crippen molar-refractivity contribution < 1.29 is 4.74 Å². The fourth-order valence-electron chi connectivity index (χ4n) is 2.18. The number of methoxy groups -OCH3 is 1. The molecule has 3 rings (SSSR count). The minimum Gasteiger partial charge on any atom is -0.496 e. The Morgan fingerprint density at radius 3 is 2.79 bits per heavy atom. The molecule has 0 fully saturated rings. The summed E-state index contributed by atoms with van der Waals surface area (Å²) in [6.45, 7) is 4.13. The van der Waals surface area contributed by atoms with Crippen LogP contribution in [0.3, 0.4) is 0 Å². The summed E-state index contributed by atoms with van der Waals surface area (Å²) in [6, 6.07) is 4.02. The van der Waals surface area contributed by atoms with Crippen LogP contribution in [-0.4, -0.2) is 21.7 Å². The van der Waals surface area contributed by atoms with Crippen LogP contribution in [0, 0.1) is 13.8 Å². The number of fused-ring (bicyclic) bond motifs is 1. The highest BCUT2D eigenvalue weighted by Gasteiger charge is 2.14. The van der Waals surface area contributed by atoms with Crippen molar-refractivity contribution in [2.45, 2.75) is 13.8 Å². The molecule has 0 spiro atoms. The molecule has 0 bridgehead atoms. The van der Waals surface area contributed by atoms with E-state index in [4.69, 9.17) is 10.5 Å². The van der Waals surface area contributed by atoms with Crippen molar-refractivity contribution in [1.29, 1.82) is 0 Å². The van der Waals surface area contributed by atoms with E-state index in [9.17, 15) is 0 Å². The van der Waals surface area contributed by atoms with Gasteiger partial charge >= 0.3 is 0 Å². The first-order valence-electron chi connectivity index (χ1n) is 5.86. The Labute approximate surface area is 114 Å². The molecule has 0 radical (unpaired) electrons. The van der Waals surface area contributed by atoms with Gasteiger partial charge in [0.1, 0.15) is 5.75 Å². The standard InChI is InChI=1S/C13H14N4OS/c1-7-8(2)11(18-3)5-4-9(7)10-6-19-13-15-12(14)16-17(10)13/h4-6H,1-3H3,(H2,14,16). The van der Waals surface area contributed by atoms with Gasteiger partial charge in [-0.1, -0.05) is 0 Å². The normalized spacial score (nSPS) is 11.1. The smallest absolute Gasteiger partial charge is 0.241 e. The van der Waals surface area contributed by atoms with Crippen LogP contribution in [0.2, 0.25) is 0 Å². The summed E-state index contributed by atoms with van der Waals surface area (Å²) >= 11 is 1.53. The molecule has 5 nitrogen and oxygen atoms in total. The van der Waals surface area contributed by atoms with E-state index in [1.165, 1.54) is 16.9 Å². The maximum atomic E-state index is 5.64. The van der Waals surface area contributed by atoms with Gasteiger partial charge in [0.15, 0.2) is 0 Å². The SMILES string of the molecule is COc1ccc(-c2csc3nc(N)nn23)c(C)c1C. The van der Waals surface area contributed by atoms with Crippen molar-refractivity contribution in [2.75, 3.05) is 12.8 Å². The third-order valence-electron chi connectivity index (χ3n) is 3.33. The molecule has 3 aromatic rings. The van der Waals surface area contributed by atoms with Gasteiger partial charge in [-0.25, -0.2) is 4.52 Å². The summed E-state index contributed by atoms with van der Waals surface area (Å²) in [5, 5.41) is 6.27. The van der Waals surface area contributed by atoms with E-state index in [1.807, 2.05) is 17.5 Å². The summed E-state index contributed by atoms with van der Waals surface area (Å²) in [4.78, 5) is 4.97. The molecule has 0 aliphatic heterocycles. The van der Waals surface area contributed by atoms with E-state index in [0.717, 1.165) is 27.5 Å². The van der Waals surface area contributed by atoms with E-state index in [1.54, 1.807) is 11.6 Å². The van der Waals surface area contributed by atoms with Crippen LogP contribution in [0.5, 0.6) is 5.75 Å². The van der Waals surface area contributed by atoms with Crippen LogP contribution in [0.1, 0.15) is 11.1 Å². The highest BCUT2D eigenvalue weighted by Crippen LogP contribution is 2.33. The molecule has 19 heavy (non-hydrogen) atoms. The highest BCUT2D eigenvalue weighted by molar-refractivity contribution is 7.15. The monoisotopic (exact) mass is 274 g/mol. The van der Waals surface area contributed by atoms with E-state index in [2.05, 4.69) is 23.9 Å². The zero-order chi connectivity index (χ0) is 13.6. The molecule has 98 valence electrons. The minimum atomic E-state index is 0.302. The predicted molar refractivity (Wildman–Crippen MR) is 76.7 cm³/mol. The first kappa shape index (κ1) is 12.0. The number of aromatic nitrogens is 3. The van der Waals surface area contributed by atoms with Crippen molar-refractivity contribution in [3.8, 4) is 17.0 Å². The molecule has 0 aliphatic rings. The van der Waals surface area contributed by atoms with E-state index < -0.39 is 0 Å². The van der Waals surface area contributed by atoms with Crippen LogP contribution in [-0.2, 0) is 0 Å². The molecule has 0 aliphatic carbocycles. The van der Waals surface area contributed by atoms with Crippen LogP contribution in [0.25, 0.3) is 16.2 Å². The van der Waals surface area contributed by atoms with Gasteiger partial charge in [-0.15, -0.1) is 16.4 Å². The van der Waals surface area contributed by atoms with Crippen molar-refractivity contribution in [2.24, 2.45) is 0 Å². The van der Waals surface area contributed by atoms with Gasteiger partial charge in [0, 0.05) is 10.9 Å². The number of nitrogens with zero attached hydrogens (tertiary/aromatic N) is 3. The highest BCUT2D eigenvalue weighted by atomic mass is 32.1.